The molecule has 1 aromatic rings. The summed E-state index contributed by atoms with van der Waals surface area (Å²) in [4.78, 5) is 22.2. The second-order valence-electron chi connectivity index (χ2n) is 6.87. The van der Waals surface area contributed by atoms with E-state index in [1.165, 1.54) is 0 Å². The van der Waals surface area contributed by atoms with Crippen molar-refractivity contribution in [3.8, 4) is 0 Å². The van der Waals surface area contributed by atoms with Crippen molar-refractivity contribution in [1.82, 2.24) is 14.8 Å². The lowest BCUT2D eigenvalue weighted by Crippen LogP contribution is -2.61. The Labute approximate surface area is 137 Å². The number of carbonyl (C=O) groups excluding carboxylic acids is 1. The maximum Gasteiger partial charge on any atom is 0.256 e. The van der Waals surface area contributed by atoms with E-state index in [4.69, 9.17) is 4.74 Å². The topological polar surface area (TPSA) is 45.7 Å². The lowest BCUT2D eigenvalue weighted by atomic mass is 9.97. The Kier molecular flexibility index (Phi) is 4.07. The predicted molar refractivity (Wildman–Crippen MR) is 87.5 cm³/mol. The summed E-state index contributed by atoms with van der Waals surface area (Å²) in [5.74, 6) is 0.640. The molecule has 4 rings (SSSR count). The molecule has 2 aliphatic heterocycles. The fourth-order valence-corrected chi connectivity index (χ4v) is 3.91. The molecule has 0 N–H and O–H groups in total. The molecule has 1 aliphatic carbocycles. The Balaban J connectivity index is 1.59. The number of hydrogen-bond acceptors (Lipinski definition) is 4. The van der Waals surface area contributed by atoms with E-state index in [9.17, 15) is 4.79 Å². The van der Waals surface area contributed by atoms with Gasteiger partial charge in [0, 0.05) is 31.7 Å². The molecule has 1 amide bonds. The van der Waals surface area contributed by atoms with E-state index < -0.39 is 0 Å². The molecule has 0 bridgehead atoms. The number of likely N-dealkylation sites (tertiary alicyclic amines) is 1. The molecule has 1 aromatic heterocycles. The van der Waals surface area contributed by atoms with E-state index in [2.05, 4.69) is 21.7 Å². The zero-order valence-corrected chi connectivity index (χ0v) is 13.8. The number of rotatable bonds is 3. The van der Waals surface area contributed by atoms with Crippen molar-refractivity contribution >= 4 is 5.91 Å². The second kappa shape index (κ2) is 6.21. The van der Waals surface area contributed by atoms with Crippen LogP contribution in [-0.4, -0.2) is 65.6 Å². The summed E-state index contributed by atoms with van der Waals surface area (Å²) >= 11 is 0. The van der Waals surface area contributed by atoms with Crippen LogP contribution in [0, 0.1) is 0 Å². The van der Waals surface area contributed by atoms with Gasteiger partial charge in [-0.1, -0.05) is 6.92 Å². The van der Waals surface area contributed by atoms with Crippen LogP contribution in [0.1, 0.15) is 48.2 Å². The van der Waals surface area contributed by atoms with Gasteiger partial charge < -0.3 is 14.5 Å². The van der Waals surface area contributed by atoms with Gasteiger partial charge in [-0.05, 0) is 37.9 Å². The number of aromatic nitrogens is 1. The largest absolute Gasteiger partial charge is 0.374 e. The lowest BCUT2D eigenvalue weighted by molar-refractivity contribution is -0.0896. The van der Waals surface area contributed by atoms with Gasteiger partial charge in [-0.3, -0.25) is 9.78 Å². The Hall–Kier alpha value is -1.46. The number of fused-ring (bicyclic) bond motifs is 1. The Morgan fingerprint density at radius 3 is 3.00 bits per heavy atom. The molecule has 124 valence electrons. The van der Waals surface area contributed by atoms with Crippen LogP contribution in [0.15, 0.2) is 18.3 Å². The van der Waals surface area contributed by atoms with Gasteiger partial charge in [0.05, 0.1) is 30.0 Å². The third kappa shape index (κ3) is 2.88. The van der Waals surface area contributed by atoms with Crippen molar-refractivity contribution in [3.63, 3.8) is 0 Å². The molecule has 0 unspecified atom stereocenters. The maximum absolute atomic E-state index is 13.2. The molecule has 3 heterocycles. The van der Waals surface area contributed by atoms with Gasteiger partial charge in [0.25, 0.3) is 5.91 Å². The normalized spacial score (nSPS) is 28.5. The van der Waals surface area contributed by atoms with Crippen LogP contribution in [0.3, 0.4) is 0 Å². The summed E-state index contributed by atoms with van der Waals surface area (Å²) < 4.78 is 5.94. The highest BCUT2D eigenvalue weighted by molar-refractivity contribution is 5.96. The van der Waals surface area contributed by atoms with Crippen LogP contribution >= 0.6 is 0 Å². The van der Waals surface area contributed by atoms with Gasteiger partial charge in [-0.25, -0.2) is 0 Å². The highest BCUT2D eigenvalue weighted by Crippen LogP contribution is 2.41. The van der Waals surface area contributed by atoms with Crippen molar-refractivity contribution < 1.29 is 9.53 Å². The highest BCUT2D eigenvalue weighted by Gasteiger charge is 2.40. The zero-order valence-electron chi connectivity index (χ0n) is 13.8. The minimum atomic E-state index is 0.149. The standard InChI is InChI=1S/C18H25N3O2/c1-2-20-9-7-16-15(12-20)21(10-11-23-16)18(22)14-4-3-8-19-17(14)13-5-6-13/h3-4,8,13,15-16H,2,5-7,9-12H2,1H3/t15-,16+/m0/s1. The minimum Gasteiger partial charge on any atom is -0.374 e. The lowest BCUT2D eigenvalue weighted by Gasteiger charge is -2.47. The van der Waals surface area contributed by atoms with Crippen LogP contribution < -0.4 is 0 Å². The summed E-state index contributed by atoms with van der Waals surface area (Å²) in [5.41, 5.74) is 1.81. The van der Waals surface area contributed by atoms with Crippen LogP contribution in [0.25, 0.3) is 0 Å². The van der Waals surface area contributed by atoms with Gasteiger partial charge in [-0.2, -0.15) is 0 Å². The van der Waals surface area contributed by atoms with Crippen molar-refractivity contribution in [2.75, 3.05) is 32.8 Å². The average Bonchev–Trinajstić information content (AvgIpc) is 3.45. The molecule has 0 radical (unpaired) electrons. The predicted octanol–water partition coefficient (Wildman–Crippen LogP) is 1.89. The van der Waals surface area contributed by atoms with Gasteiger partial charge in [-0.15, -0.1) is 0 Å². The molecule has 3 aliphatic rings. The van der Waals surface area contributed by atoms with E-state index in [0.29, 0.717) is 19.1 Å². The molecule has 3 fully saturated rings. The Morgan fingerprint density at radius 1 is 1.35 bits per heavy atom. The SMILES string of the molecule is CCN1CC[C@H]2OCCN(C(=O)c3cccnc3C3CC3)[C@H]2C1. The average molecular weight is 315 g/mol. The Morgan fingerprint density at radius 2 is 2.22 bits per heavy atom. The number of hydrogen-bond donors (Lipinski definition) is 0. The van der Waals surface area contributed by atoms with Gasteiger partial charge in [0.2, 0.25) is 0 Å². The first-order valence-corrected chi connectivity index (χ1v) is 8.87. The molecule has 0 spiro atoms. The number of piperidine rings is 1. The third-order valence-electron chi connectivity index (χ3n) is 5.41. The molecule has 2 saturated heterocycles. The number of likely N-dealkylation sites (N-methyl/N-ethyl adjacent to an activating group) is 1. The second-order valence-corrected chi connectivity index (χ2v) is 6.87. The summed E-state index contributed by atoms with van der Waals surface area (Å²) in [6.45, 7) is 6.55. The van der Waals surface area contributed by atoms with Crippen molar-refractivity contribution in [2.24, 2.45) is 0 Å². The minimum absolute atomic E-state index is 0.149. The number of amides is 1. The molecule has 0 aromatic carbocycles. The third-order valence-corrected chi connectivity index (χ3v) is 5.41. The van der Waals surface area contributed by atoms with Crippen molar-refractivity contribution in [2.45, 2.75) is 44.2 Å². The molecular weight excluding hydrogens is 290 g/mol. The first kappa shape index (κ1) is 15.1. The number of carbonyl (C=O) groups is 1. The van der Waals surface area contributed by atoms with Crippen molar-refractivity contribution in [1.29, 1.82) is 0 Å². The number of nitrogens with zero attached hydrogens (tertiary/aromatic N) is 3. The van der Waals surface area contributed by atoms with Crippen LogP contribution in [0.2, 0.25) is 0 Å². The summed E-state index contributed by atoms with van der Waals surface area (Å²) in [6, 6.07) is 4.02. The van der Waals surface area contributed by atoms with Crippen LogP contribution in [0.4, 0.5) is 0 Å². The number of morpholine rings is 1. The fourth-order valence-electron chi connectivity index (χ4n) is 3.91. The first-order chi connectivity index (χ1) is 11.3. The molecule has 5 heteroatoms. The van der Waals surface area contributed by atoms with E-state index in [-0.39, 0.29) is 18.1 Å². The van der Waals surface area contributed by atoms with Crippen molar-refractivity contribution in [3.05, 3.63) is 29.6 Å². The molecule has 2 atom stereocenters. The monoisotopic (exact) mass is 315 g/mol. The zero-order chi connectivity index (χ0) is 15.8. The van der Waals surface area contributed by atoms with Gasteiger partial charge >= 0.3 is 0 Å². The molecule has 5 nitrogen and oxygen atoms in total. The quantitative estimate of drug-likeness (QED) is 0.854. The van der Waals surface area contributed by atoms with Crippen LogP contribution in [0.5, 0.6) is 0 Å². The van der Waals surface area contributed by atoms with Gasteiger partial charge in [0.1, 0.15) is 0 Å². The highest BCUT2D eigenvalue weighted by atomic mass is 16.5. The van der Waals surface area contributed by atoms with E-state index >= 15 is 0 Å². The molecular formula is C18H25N3O2. The van der Waals surface area contributed by atoms with E-state index in [0.717, 1.165) is 50.2 Å². The maximum atomic E-state index is 13.2. The fraction of sp³-hybridized carbons (Fsp3) is 0.667. The number of ether oxygens (including phenoxy) is 1. The van der Waals surface area contributed by atoms with Gasteiger partial charge in [0.15, 0.2) is 0 Å². The Bertz CT molecular complexity index is 587. The molecule has 1 saturated carbocycles. The smallest absolute Gasteiger partial charge is 0.256 e. The first-order valence-electron chi connectivity index (χ1n) is 8.87. The van der Waals surface area contributed by atoms with Crippen LogP contribution in [-0.2, 0) is 4.74 Å². The summed E-state index contributed by atoms with van der Waals surface area (Å²) in [7, 11) is 0. The summed E-state index contributed by atoms with van der Waals surface area (Å²) in [6.07, 6.45) is 5.35. The van der Waals surface area contributed by atoms with E-state index in [1.54, 1.807) is 0 Å². The number of pyridine rings is 1. The molecule has 23 heavy (non-hydrogen) atoms. The summed E-state index contributed by atoms with van der Waals surface area (Å²) in [5, 5.41) is 0. The van der Waals surface area contributed by atoms with E-state index in [1.807, 2.05) is 18.3 Å².